The van der Waals surface area contributed by atoms with Crippen LogP contribution in [0.5, 0.6) is 5.75 Å². The molecule has 22 heavy (non-hydrogen) atoms. The van der Waals surface area contributed by atoms with Crippen molar-refractivity contribution in [1.82, 2.24) is 10.2 Å². The van der Waals surface area contributed by atoms with Crippen LogP contribution in [0.25, 0.3) is 0 Å². The smallest absolute Gasteiger partial charge is 0.263 e. The molecule has 1 aromatic rings. The molecule has 1 amide bonds. The molecule has 0 radical (unpaired) electrons. The van der Waals surface area contributed by atoms with Gasteiger partial charge in [-0.05, 0) is 51.4 Å². The maximum Gasteiger partial charge on any atom is 0.263 e. The standard InChI is InChI=1S/C16H23FN2O2.ClH/c1-12(21-15-5-3-4-14(17)10-15)16(20)19-8-6-13(7-9-19)11-18-2;/h3-5,10,12-13,18H,6-9,11H2,1-2H3;1H. The van der Waals surface area contributed by atoms with Crippen molar-refractivity contribution in [3.05, 3.63) is 30.1 Å². The fourth-order valence-electron chi connectivity index (χ4n) is 2.70. The number of rotatable bonds is 5. The normalized spacial score (nSPS) is 16.8. The Hall–Kier alpha value is -1.33. The van der Waals surface area contributed by atoms with Gasteiger partial charge >= 0.3 is 0 Å². The van der Waals surface area contributed by atoms with Gasteiger partial charge in [-0.1, -0.05) is 6.07 Å². The Morgan fingerprint density at radius 2 is 2.14 bits per heavy atom. The van der Waals surface area contributed by atoms with Gasteiger partial charge in [-0.15, -0.1) is 12.4 Å². The van der Waals surface area contributed by atoms with Crippen molar-refractivity contribution in [1.29, 1.82) is 0 Å². The first kappa shape index (κ1) is 18.7. The fraction of sp³-hybridized carbons (Fsp3) is 0.562. The van der Waals surface area contributed by atoms with Gasteiger partial charge in [0.25, 0.3) is 5.91 Å². The van der Waals surface area contributed by atoms with E-state index >= 15 is 0 Å². The zero-order chi connectivity index (χ0) is 15.2. The lowest BCUT2D eigenvalue weighted by Crippen LogP contribution is -2.45. The quantitative estimate of drug-likeness (QED) is 0.901. The number of benzene rings is 1. The number of nitrogens with one attached hydrogen (secondary N) is 1. The molecule has 124 valence electrons. The molecular weight excluding hydrogens is 307 g/mol. The summed E-state index contributed by atoms with van der Waals surface area (Å²) in [6.07, 6.45) is 1.44. The number of likely N-dealkylation sites (tertiary alicyclic amines) is 1. The Morgan fingerprint density at radius 1 is 1.45 bits per heavy atom. The molecule has 1 unspecified atom stereocenters. The number of carbonyl (C=O) groups excluding carboxylic acids is 1. The molecule has 4 nitrogen and oxygen atoms in total. The summed E-state index contributed by atoms with van der Waals surface area (Å²) in [6.45, 7) is 4.24. The molecule has 1 aromatic carbocycles. The van der Waals surface area contributed by atoms with E-state index in [0.29, 0.717) is 11.7 Å². The van der Waals surface area contributed by atoms with Gasteiger partial charge in [0, 0.05) is 19.2 Å². The molecule has 6 heteroatoms. The second-order valence-electron chi connectivity index (χ2n) is 5.54. The van der Waals surface area contributed by atoms with Crippen LogP contribution in [0.2, 0.25) is 0 Å². The number of piperidine rings is 1. The Balaban J connectivity index is 0.00000242. The molecule has 2 rings (SSSR count). The number of hydrogen-bond donors (Lipinski definition) is 1. The third kappa shape index (κ3) is 5.14. The van der Waals surface area contributed by atoms with Gasteiger partial charge < -0.3 is 15.0 Å². The second-order valence-corrected chi connectivity index (χ2v) is 5.54. The van der Waals surface area contributed by atoms with E-state index in [-0.39, 0.29) is 24.1 Å². The number of carbonyl (C=O) groups is 1. The molecule has 0 bridgehead atoms. The van der Waals surface area contributed by atoms with Gasteiger partial charge in [0.05, 0.1) is 0 Å². The summed E-state index contributed by atoms with van der Waals surface area (Å²) in [7, 11) is 1.95. The maximum absolute atomic E-state index is 13.1. The number of hydrogen-bond acceptors (Lipinski definition) is 3. The first-order valence-corrected chi connectivity index (χ1v) is 7.45. The zero-order valence-electron chi connectivity index (χ0n) is 13.0. The molecule has 0 aromatic heterocycles. The third-order valence-corrected chi connectivity index (χ3v) is 3.88. The van der Waals surface area contributed by atoms with Gasteiger partial charge in [-0.2, -0.15) is 0 Å². The number of halogens is 2. The van der Waals surface area contributed by atoms with E-state index in [1.165, 1.54) is 12.1 Å². The van der Waals surface area contributed by atoms with Gasteiger partial charge in [0.1, 0.15) is 11.6 Å². The summed E-state index contributed by atoms with van der Waals surface area (Å²) < 4.78 is 18.6. The van der Waals surface area contributed by atoms with Crippen LogP contribution in [0, 0.1) is 11.7 Å². The average Bonchev–Trinajstić information content (AvgIpc) is 2.47. The van der Waals surface area contributed by atoms with Gasteiger partial charge in [-0.3, -0.25) is 4.79 Å². The Bertz CT molecular complexity index is 479. The lowest BCUT2D eigenvalue weighted by Gasteiger charge is -2.33. The lowest BCUT2D eigenvalue weighted by molar-refractivity contribution is -0.139. The number of nitrogens with zero attached hydrogens (tertiary/aromatic N) is 1. The van der Waals surface area contributed by atoms with Crippen molar-refractivity contribution in [2.24, 2.45) is 5.92 Å². The Kier molecular flexibility index (Phi) is 7.62. The summed E-state index contributed by atoms with van der Waals surface area (Å²) in [5.74, 6) is 0.640. The predicted octanol–water partition coefficient (Wildman–Crippen LogP) is 2.47. The fourth-order valence-corrected chi connectivity index (χ4v) is 2.70. The minimum absolute atomic E-state index is 0. The summed E-state index contributed by atoms with van der Waals surface area (Å²) in [5.41, 5.74) is 0. The van der Waals surface area contributed by atoms with E-state index < -0.39 is 6.10 Å². The van der Waals surface area contributed by atoms with Crippen molar-refractivity contribution < 1.29 is 13.9 Å². The predicted molar refractivity (Wildman–Crippen MR) is 87.0 cm³/mol. The third-order valence-electron chi connectivity index (χ3n) is 3.88. The molecule has 1 saturated heterocycles. The van der Waals surface area contributed by atoms with Crippen LogP contribution >= 0.6 is 12.4 Å². The number of ether oxygens (including phenoxy) is 1. The van der Waals surface area contributed by atoms with E-state index in [1.54, 1.807) is 19.1 Å². The molecule has 1 aliphatic heterocycles. The van der Waals surface area contributed by atoms with Crippen molar-refractivity contribution in [3.63, 3.8) is 0 Å². The maximum atomic E-state index is 13.1. The van der Waals surface area contributed by atoms with Gasteiger partial charge in [0.2, 0.25) is 0 Å². The van der Waals surface area contributed by atoms with Crippen LogP contribution in [0.1, 0.15) is 19.8 Å². The van der Waals surface area contributed by atoms with Crippen molar-refractivity contribution >= 4 is 18.3 Å². The van der Waals surface area contributed by atoms with E-state index in [2.05, 4.69) is 5.32 Å². The molecule has 1 atom stereocenters. The minimum atomic E-state index is -0.590. The molecule has 1 N–H and O–H groups in total. The molecule has 1 aliphatic rings. The van der Waals surface area contributed by atoms with Gasteiger partial charge in [0.15, 0.2) is 6.10 Å². The summed E-state index contributed by atoms with van der Waals surface area (Å²) in [5, 5.41) is 3.18. The Morgan fingerprint density at radius 3 is 2.73 bits per heavy atom. The molecule has 0 spiro atoms. The highest BCUT2D eigenvalue weighted by molar-refractivity contribution is 5.85. The largest absolute Gasteiger partial charge is 0.481 e. The summed E-state index contributed by atoms with van der Waals surface area (Å²) in [6, 6.07) is 5.88. The Labute approximate surface area is 137 Å². The van der Waals surface area contributed by atoms with Crippen LogP contribution in [0.15, 0.2) is 24.3 Å². The monoisotopic (exact) mass is 330 g/mol. The SMILES string of the molecule is CNCC1CCN(C(=O)C(C)Oc2cccc(F)c2)CC1.Cl. The highest BCUT2D eigenvalue weighted by atomic mass is 35.5. The summed E-state index contributed by atoms with van der Waals surface area (Å²) >= 11 is 0. The van der Waals surface area contributed by atoms with Crippen LogP contribution in [-0.2, 0) is 4.79 Å². The first-order valence-electron chi connectivity index (χ1n) is 7.45. The molecule has 1 heterocycles. The highest BCUT2D eigenvalue weighted by Crippen LogP contribution is 2.19. The van der Waals surface area contributed by atoms with E-state index in [1.807, 2.05) is 11.9 Å². The van der Waals surface area contributed by atoms with Crippen LogP contribution in [-0.4, -0.2) is 43.6 Å². The van der Waals surface area contributed by atoms with Crippen LogP contribution in [0.4, 0.5) is 4.39 Å². The topological polar surface area (TPSA) is 41.6 Å². The minimum Gasteiger partial charge on any atom is -0.481 e. The zero-order valence-corrected chi connectivity index (χ0v) is 13.9. The number of amides is 1. The van der Waals surface area contributed by atoms with Crippen LogP contribution < -0.4 is 10.1 Å². The van der Waals surface area contributed by atoms with E-state index in [0.717, 1.165) is 32.5 Å². The van der Waals surface area contributed by atoms with Crippen molar-refractivity contribution in [3.8, 4) is 5.75 Å². The van der Waals surface area contributed by atoms with Crippen LogP contribution in [0.3, 0.4) is 0 Å². The molecule has 1 fully saturated rings. The molecule has 0 saturated carbocycles. The lowest BCUT2D eigenvalue weighted by atomic mass is 9.96. The molecule has 0 aliphatic carbocycles. The van der Waals surface area contributed by atoms with Crippen molar-refractivity contribution in [2.45, 2.75) is 25.9 Å². The first-order chi connectivity index (χ1) is 10.1. The van der Waals surface area contributed by atoms with E-state index in [4.69, 9.17) is 4.74 Å². The highest BCUT2D eigenvalue weighted by Gasteiger charge is 2.26. The van der Waals surface area contributed by atoms with E-state index in [9.17, 15) is 9.18 Å². The van der Waals surface area contributed by atoms with Gasteiger partial charge in [-0.25, -0.2) is 4.39 Å². The van der Waals surface area contributed by atoms with Crippen molar-refractivity contribution in [2.75, 3.05) is 26.7 Å². The average molecular weight is 331 g/mol. The molecular formula is C16H24ClFN2O2. The second kappa shape index (κ2) is 8.96. The summed E-state index contributed by atoms with van der Waals surface area (Å²) in [4.78, 5) is 14.2.